The number of rotatable bonds is 2. The van der Waals surface area contributed by atoms with Gasteiger partial charge in [0.05, 0.1) is 0 Å². The van der Waals surface area contributed by atoms with E-state index in [9.17, 15) is 4.79 Å². The maximum Gasteiger partial charge on any atom is 0.270 e. The number of nitrogens with one attached hydrogen (secondary N) is 1. The molecule has 0 aliphatic carbocycles. The maximum absolute atomic E-state index is 12.1. The van der Waals surface area contributed by atoms with Crippen molar-refractivity contribution in [2.24, 2.45) is 11.7 Å². The first-order valence-corrected chi connectivity index (χ1v) is 7.04. The van der Waals surface area contributed by atoms with Crippen LogP contribution in [0.25, 0.3) is 0 Å². The number of aromatic amines is 1. The first-order chi connectivity index (χ1) is 8.08. The van der Waals surface area contributed by atoms with Gasteiger partial charge >= 0.3 is 0 Å². The number of hydrogen-bond donors (Lipinski definition) is 2. The SMILES string of the molecule is CC(N)C1CCN(C(=O)c2cc(I)c[nH]2)CC1.Cl. The first kappa shape index (κ1) is 15.8. The molecular weight excluding hydrogens is 365 g/mol. The molecule has 6 heteroatoms. The fraction of sp³-hybridized carbons (Fsp3) is 0.583. The van der Waals surface area contributed by atoms with Crippen molar-refractivity contribution in [3.8, 4) is 0 Å². The van der Waals surface area contributed by atoms with E-state index in [1.807, 2.05) is 17.2 Å². The third-order valence-corrected chi connectivity index (χ3v) is 4.07. The van der Waals surface area contributed by atoms with Gasteiger partial charge < -0.3 is 15.6 Å². The molecule has 1 unspecified atom stereocenters. The number of aromatic nitrogens is 1. The summed E-state index contributed by atoms with van der Waals surface area (Å²) in [4.78, 5) is 17.1. The van der Waals surface area contributed by atoms with E-state index in [1.165, 1.54) is 0 Å². The average molecular weight is 384 g/mol. The van der Waals surface area contributed by atoms with E-state index in [-0.39, 0.29) is 24.4 Å². The summed E-state index contributed by atoms with van der Waals surface area (Å²) in [6.07, 6.45) is 3.88. The Bertz CT molecular complexity index is 400. The number of amides is 1. The molecule has 102 valence electrons. The molecule has 0 saturated carbocycles. The van der Waals surface area contributed by atoms with Crippen LogP contribution in [-0.4, -0.2) is 34.9 Å². The van der Waals surface area contributed by atoms with E-state index in [0.717, 1.165) is 29.5 Å². The lowest BCUT2D eigenvalue weighted by Gasteiger charge is -2.33. The largest absolute Gasteiger partial charge is 0.356 e. The van der Waals surface area contributed by atoms with E-state index >= 15 is 0 Å². The summed E-state index contributed by atoms with van der Waals surface area (Å²) < 4.78 is 1.07. The van der Waals surface area contributed by atoms with Crippen LogP contribution < -0.4 is 5.73 Å². The molecule has 0 spiro atoms. The Balaban J connectivity index is 0.00000162. The Kier molecular flexibility index (Phi) is 5.94. The Hall–Kier alpha value is -0.270. The van der Waals surface area contributed by atoms with Gasteiger partial charge in [0.2, 0.25) is 0 Å². The number of H-pyrrole nitrogens is 1. The summed E-state index contributed by atoms with van der Waals surface area (Å²) in [6.45, 7) is 3.69. The quantitative estimate of drug-likeness (QED) is 0.770. The Morgan fingerprint density at radius 1 is 1.56 bits per heavy atom. The van der Waals surface area contributed by atoms with Gasteiger partial charge in [-0.15, -0.1) is 12.4 Å². The van der Waals surface area contributed by atoms with Crippen molar-refractivity contribution < 1.29 is 4.79 Å². The number of carbonyl (C=O) groups is 1. The minimum absolute atomic E-state index is 0. The normalized spacial score (nSPS) is 18.3. The van der Waals surface area contributed by atoms with Crippen LogP contribution in [0.1, 0.15) is 30.3 Å². The van der Waals surface area contributed by atoms with Gasteiger partial charge in [-0.1, -0.05) is 0 Å². The lowest BCUT2D eigenvalue weighted by molar-refractivity contribution is 0.0676. The molecule has 1 aromatic rings. The van der Waals surface area contributed by atoms with Crippen molar-refractivity contribution >= 4 is 40.9 Å². The van der Waals surface area contributed by atoms with Crippen LogP contribution in [-0.2, 0) is 0 Å². The number of likely N-dealkylation sites (tertiary alicyclic amines) is 1. The van der Waals surface area contributed by atoms with E-state index in [0.29, 0.717) is 11.6 Å². The lowest BCUT2D eigenvalue weighted by Crippen LogP contribution is -2.42. The topological polar surface area (TPSA) is 62.1 Å². The van der Waals surface area contributed by atoms with Gasteiger partial charge in [0.1, 0.15) is 5.69 Å². The highest BCUT2D eigenvalue weighted by Crippen LogP contribution is 2.21. The molecule has 1 aliphatic heterocycles. The summed E-state index contributed by atoms with van der Waals surface area (Å²) in [5, 5.41) is 0. The first-order valence-electron chi connectivity index (χ1n) is 5.96. The molecule has 1 aliphatic rings. The van der Waals surface area contributed by atoms with Gasteiger partial charge in [0.15, 0.2) is 0 Å². The zero-order chi connectivity index (χ0) is 12.4. The fourth-order valence-electron chi connectivity index (χ4n) is 2.29. The zero-order valence-electron chi connectivity index (χ0n) is 10.4. The van der Waals surface area contributed by atoms with Crippen molar-refractivity contribution in [2.75, 3.05) is 13.1 Å². The number of nitrogens with zero attached hydrogens (tertiary/aromatic N) is 1. The van der Waals surface area contributed by atoms with Crippen LogP contribution >= 0.6 is 35.0 Å². The molecule has 2 heterocycles. The Morgan fingerprint density at radius 2 is 2.17 bits per heavy atom. The van der Waals surface area contributed by atoms with E-state index in [4.69, 9.17) is 5.73 Å². The van der Waals surface area contributed by atoms with Crippen LogP contribution in [0.3, 0.4) is 0 Å². The monoisotopic (exact) mass is 383 g/mol. The fourth-order valence-corrected chi connectivity index (χ4v) is 2.76. The molecule has 1 fully saturated rings. The van der Waals surface area contributed by atoms with Crippen LogP contribution in [0.4, 0.5) is 0 Å². The average Bonchev–Trinajstić information content (AvgIpc) is 2.75. The summed E-state index contributed by atoms with van der Waals surface area (Å²) >= 11 is 2.20. The molecule has 1 saturated heterocycles. The van der Waals surface area contributed by atoms with Gasteiger partial charge in [-0.2, -0.15) is 0 Å². The van der Waals surface area contributed by atoms with E-state index in [2.05, 4.69) is 34.5 Å². The van der Waals surface area contributed by atoms with E-state index in [1.54, 1.807) is 0 Å². The highest BCUT2D eigenvalue weighted by Gasteiger charge is 2.25. The Morgan fingerprint density at radius 3 is 2.61 bits per heavy atom. The van der Waals surface area contributed by atoms with Gasteiger partial charge in [0.25, 0.3) is 5.91 Å². The van der Waals surface area contributed by atoms with Gasteiger partial charge in [-0.25, -0.2) is 0 Å². The molecule has 0 bridgehead atoms. The van der Waals surface area contributed by atoms with E-state index < -0.39 is 0 Å². The second-order valence-corrected chi connectivity index (χ2v) is 5.97. The van der Waals surface area contributed by atoms with Crippen molar-refractivity contribution in [1.29, 1.82) is 0 Å². The van der Waals surface area contributed by atoms with Crippen LogP contribution in [0.15, 0.2) is 12.3 Å². The van der Waals surface area contributed by atoms with Crippen LogP contribution in [0, 0.1) is 9.49 Å². The maximum atomic E-state index is 12.1. The third-order valence-electron chi connectivity index (χ3n) is 3.45. The highest BCUT2D eigenvalue weighted by molar-refractivity contribution is 14.1. The predicted octanol–water partition coefficient (Wildman–Crippen LogP) is 2.24. The van der Waals surface area contributed by atoms with Crippen LogP contribution in [0.5, 0.6) is 0 Å². The number of piperidine rings is 1. The second kappa shape index (κ2) is 6.77. The zero-order valence-corrected chi connectivity index (χ0v) is 13.3. The van der Waals surface area contributed by atoms with Gasteiger partial charge in [0, 0.05) is 28.9 Å². The minimum Gasteiger partial charge on any atom is -0.356 e. The molecule has 1 atom stereocenters. The smallest absolute Gasteiger partial charge is 0.270 e. The molecule has 4 nitrogen and oxygen atoms in total. The highest BCUT2D eigenvalue weighted by atomic mass is 127. The summed E-state index contributed by atoms with van der Waals surface area (Å²) in [5.74, 6) is 0.666. The lowest BCUT2D eigenvalue weighted by atomic mass is 9.91. The predicted molar refractivity (Wildman–Crippen MR) is 83.0 cm³/mol. The number of hydrogen-bond acceptors (Lipinski definition) is 2. The number of carbonyl (C=O) groups excluding carboxylic acids is 1. The Labute approximate surface area is 127 Å². The second-order valence-electron chi connectivity index (χ2n) is 4.72. The molecule has 3 N–H and O–H groups in total. The number of halogens is 2. The summed E-state index contributed by atoms with van der Waals surface area (Å²) in [5.41, 5.74) is 6.58. The summed E-state index contributed by atoms with van der Waals surface area (Å²) in [7, 11) is 0. The molecule has 1 aromatic heterocycles. The molecule has 2 rings (SSSR count). The molecular formula is C12H19ClIN3O. The van der Waals surface area contributed by atoms with Crippen molar-refractivity contribution in [2.45, 2.75) is 25.8 Å². The van der Waals surface area contributed by atoms with Crippen molar-refractivity contribution in [3.05, 3.63) is 21.5 Å². The number of nitrogens with two attached hydrogens (primary N) is 1. The standard InChI is InChI=1S/C12H18IN3O.ClH/c1-8(14)9-2-4-16(5-3-9)12(17)11-6-10(13)7-15-11;/h6-9,15H,2-5,14H2,1H3;1H. The van der Waals surface area contributed by atoms with Crippen LogP contribution in [0.2, 0.25) is 0 Å². The molecule has 18 heavy (non-hydrogen) atoms. The summed E-state index contributed by atoms with van der Waals surface area (Å²) in [6, 6.07) is 2.12. The molecule has 1 amide bonds. The molecule has 0 aromatic carbocycles. The third kappa shape index (κ3) is 3.61. The van der Waals surface area contributed by atoms with Gasteiger partial charge in [-0.05, 0) is 54.3 Å². The van der Waals surface area contributed by atoms with Crippen molar-refractivity contribution in [3.63, 3.8) is 0 Å². The minimum atomic E-state index is 0. The van der Waals surface area contributed by atoms with Gasteiger partial charge in [-0.3, -0.25) is 4.79 Å². The van der Waals surface area contributed by atoms with Crippen molar-refractivity contribution in [1.82, 2.24) is 9.88 Å². The molecule has 0 radical (unpaired) electrons.